The number of hydrogen-bond donors (Lipinski definition) is 0. The molecule has 5 aromatic rings. The molecule has 14 nitrogen and oxygen atoms in total. The molecule has 0 saturated heterocycles. The number of fused-ring (bicyclic) bond motifs is 6. The summed E-state index contributed by atoms with van der Waals surface area (Å²) in [4.78, 5) is 41.0. The zero-order chi connectivity index (χ0) is 58.6. The Balaban J connectivity index is 0.000000274. The number of anilines is 5. The standard InChI is InChI=1S/C19H22S.C18H21N3OS.C16H18N3S.C3H6O.2CH4O3S.ClH/c1-12(2)14-5-7-16-9-17-8-6-15(13(3)4)11-19(17)20-18(16)10-14;1-12(22)21-15-8-6-13(19(2)3)10-17(15)23-18-11-14(20(4)5)7-9-16(18)21;1-18(2)11-5-7-13-15(9-11)20-16-10-12(19(3)4)6-8-14(16)17-13;1-3(2)4;2*1-5(2,3)4;/h5-8,10-13H,9H2,1-4H3;6-11H,1-5H3;5-10H,1-4H3;1-2H3;2*1H3,(H,2,3,4);1H/q;;+1;;;;/p-3/i;;;1T;;;. The molecule has 0 N–H and O–H groups in total. The monoisotopic (exact) mass is 1180 g/mol. The first kappa shape index (κ1) is 65.0. The van der Waals surface area contributed by atoms with E-state index in [4.69, 9.17) is 32.3 Å². The van der Waals surface area contributed by atoms with Gasteiger partial charge in [0.25, 0.3) is 0 Å². The molecule has 0 bridgehead atoms. The van der Waals surface area contributed by atoms with Gasteiger partial charge in [0.15, 0.2) is 0 Å². The lowest BCUT2D eigenvalue weighted by atomic mass is 9.96. The minimum atomic E-state index is -3.92. The van der Waals surface area contributed by atoms with Crippen LogP contribution in [0.5, 0.6) is 0 Å². The van der Waals surface area contributed by atoms with Crippen molar-refractivity contribution in [1.29, 1.82) is 0 Å². The first-order valence-corrected chi connectivity index (χ1v) is 30.5. The average molecular weight is 1180 g/mol. The summed E-state index contributed by atoms with van der Waals surface area (Å²) in [5.74, 6) is 1.15. The van der Waals surface area contributed by atoms with Gasteiger partial charge < -0.3 is 41.0 Å². The van der Waals surface area contributed by atoms with E-state index in [-0.39, 0.29) is 31.0 Å². The van der Waals surface area contributed by atoms with Gasteiger partial charge in [-0.1, -0.05) is 75.5 Å². The Morgan fingerprint density at radius 3 is 1.42 bits per heavy atom. The molecule has 422 valence electrons. The first-order valence-electron chi connectivity index (χ1n) is 25.1. The number of benzene rings is 6. The van der Waals surface area contributed by atoms with E-state index < -0.39 is 20.2 Å². The Hall–Kier alpha value is -5.51. The summed E-state index contributed by atoms with van der Waals surface area (Å²) < 4.78 is 64.1. The lowest BCUT2D eigenvalue weighted by Crippen LogP contribution is -3.00. The van der Waals surface area contributed by atoms with Crippen molar-refractivity contribution in [2.45, 2.75) is 86.3 Å². The van der Waals surface area contributed by atoms with Crippen molar-refractivity contribution in [3.63, 3.8) is 0 Å². The molecular formula is C58H73ClN6O8S5-2. The molecule has 3 heterocycles. The van der Waals surface area contributed by atoms with E-state index in [0.29, 0.717) is 24.3 Å². The summed E-state index contributed by atoms with van der Waals surface area (Å²) in [5.41, 5.74) is 13.3. The second kappa shape index (κ2) is 29.1. The number of aromatic nitrogens is 1. The molecule has 3 aliphatic heterocycles. The molecule has 78 heavy (non-hydrogen) atoms. The summed E-state index contributed by atoms with van der Waals surface area (Å²) in [6.45, 7) is 12.0. The predicted octanol–water partition coefficient (Wildman–Crippen LogP) is 8.38. The highest BCUT2D eigenvalue weighted by molar-refractivity contribution is 8.00. The molecule has 0 fully saturated rings. The molecule has 1 aliphatic carbocycles. The van der Waals surface area contributed by atoms with Crippen LogP contribution in [0.1, 0.15) is 83.9 Å². The Morgan fingerprint density at radius 1 is 0.628 bits per heavy atom. The van der Waals surface area contributed by atoms with Gasteiger partial charge in [0.2, 0.25) is 11.3 Å². The van der Waals surface area contributed by atoms with Crippen LogP contribution in [0.3, 0.4) is 0 Å². The number of rotatable bonds is 5. The van der Waals surface area contributed by atoms with Gasteiger partial charge in [-0.3, -0.25) is 9.69 Å². The SMILES string of the molecule is CC(=O)N1c2ccc(N(C)C)cc2Sc2cc(N(C)C)ccc21.CC(C)c1ccc2c(c1)Sc1cc(C(C)C)ccc1C2.CN(C)c1ccc2nc3ccc(=[N+](C)C)cc-3sc2c1.CS(=O)(=O)[O-].CS(=O)(=O)[O-].[3H]CC(C)=O.[Cl-]. The molecule has 0 aromatic heterocycles. The number of carbonyl (C=O) groups is 2. The van der Waals surface area contributed by atoms with E-state index in [2.05, 4.69) is 172 Å². The highest BCUT2D eigenvalue weighted by Gasteiger charge is 2.27. The van der Waals surface area contributed by atoms with Crippen LogP contribution in [-0.2, 0) is 36.2 Å². The number of hydrogen-bond acceptors (Lipinski definition) is 15. The minimum Gasteiger partial charge on any atom is -1.00 e. The molecule has 5 aromatic carbocycles. The maximum atomic E-state index is 12.3. The van der Waals surface area contributed by atoms with Crippen molar-refractivity contribution in [1.82, 2.24) is 9.56 Å². The van der Waals surface area contributed by atoms with Crippen molar-refractivity contribution in [3.8, 4) is 10.6 Å². The normalized spacial score (nSPS) is 11.9. The van der Waals surface area contributed by atoms with Gasteiger partial charge in [-0.15, -0.1) is 11.3 Å². The van der Waals surface area contributed by atoms with Crippen LogP contribution in [0, 0.1) is 0 Å². The van der Waals surface area contributed by atoms with Crippen molar-refractivity contribution in [2.75, 3.05) is 88.5 Å². The fourth-order valence-corrected chi connectivity index (χ4v) is 10.8. The lowest BCUT2D eigenvalue weighted by molar-refractivity contribution is -0.116. The molecule has 20 heteroatoms. The summed E-state index contributed by atoms with van der Waals surface area (Å²) >= 11 is 5.46. The van der Waals surface area contributed by atoms with E-state index in [9.17, 15) is 9.59 Å². The molecule has 9 rings (SSSR count). The topological polar surface area (TPSA) is 177 Å². The molecule has 0 spiro atoms. The Kier molecular flexibility index (Phi) is 24.3. The molecule has 0 unspecified atom stereocenters. The predicted molar refractivity (Wildman–Crippen MR) is 322 cm³/mol. The van der Waals surface area contributed by atoms with Crippen LogP contribution in [0.15, 0.2) is 129 Å². The summed E-state index contributed by atoms with van der Waals surface area (Å²) in [6, 6.07) is 39.2. The first-order chi connectivity index (χ1) is 36.2. The van der Waals surface area contributed by atoms with Crippen LogP contribution in [-0.4, -0.2) is 112 Å². The third-order valence-corrected chi connectivity index (χ3v) is 14.8. The second-order valence-corrected chi connectivity index (χ2v) is 25.9. The number of halogens is 1. The van der Waals surface area contributed by atoms with E-state index in [0.717, 1.165) is 50.2 Å². The number of ketones is 1. The highest BCUT2D eigenvalue weighted by atomic mass is 35.5. The second-order valence-electron chi connectivity index (χ2n) is 19.8. The van der Waals surface area contributed by atoms with Crippen LogP contribution in [0.25, 0.3) is 20.8 Å². The zero-order valence-corrected chi connectivity index (χ0v) is 52.2. The molecule has 0 atom stereocenters. The van der Waals surface area contributed by atoms with E-state index in [1.54, 1.807) is 34.9 Å². The third-order valence-electron chi connectivity index (χ3n) is 11.4. The number of carbonyl (C=O) groups excluding carboxylic acids is 2. The van der Waals surface area contributed by atoms with Gasteiger partial charge in [0.05, 0.1) is 52.4 Å². The maximum absolute atomic E-state index is 12.3. The summed E-state index contributed by atoms with van der Waals surface area (Å²) in [5, 5.41) is 1.21. The van der Waals surface area contributed by atoms with Gasteiger partial charge in [-0.2, -0.15) is 0 Å². The molecule has 1 amide bonds. The molecule has 0 saturated carbocycles. The lowest BCUT2D eigenvalue weighted by Gasteiger charge is -2.32. The summed E-state index contributed by atoms with van der Waals surface area (Å²) in [7, 11) is 8.50. The van der Waals surface area contributed by atoms with Crippen molar-refractivity contribution < 1.29 is 49.3 Å². The van der Waals surface area contributed by atoms with Crippen LogP contribution < -0.4 is 41.9 Å². The van der Waals surface area contributed by atoms with Gasteiger partial charge >= 0.3 is 0 Å². The summed E-state index contributed by atoms with van der Waals surface area (Å²) in [6.07, 6.45) is 2.29. The van der Waals surface area contributed by atoms with Crippen LogP contribution in [0.4, 0.5) is 28.4 Å². The largest absolute Gasteiger partial charge is 1.00 e. The Labute approximate surface area is 483 Å². The Bertz CT molecular complexity index is 3360. The van der Waals surface area contributed by atoms with Crippen molar-refractivity contribution >= 4 is 105 Å². The number of amides is 1. The van der Waals surface area contributed by atoms with Gasteiger partial charge in [-0.05, 0) is 127 Å². The smallest absolute Gasteiger partial charge is 0.228 e. The Morgan fingerprint density at radius 2 is 1.04 bits per heavy atom. The molecular weight excluding hydrogens is 1100 g/mol. The van der Waals surface area contributed by atoms with Crippen molar-refractivity contribution in [3.05, 3.63) is 137 Å². The maximum Gasteiger partial charge on any atom is 0.228 e. The van der Waals surface area contributed by atoms with Gasteiger partial charge in [-0.25, -0.2) is 26.4 Å². The van der Waals surface area contributed by atoms with E-state index in [1.165, 1.54) is 59.6 Å². The van der Waals surface area contributed by atoms with Crippen LogP contribution >= 0.6 is 34.9 Å². The van der Waals surface area contributed by atoms with Gasteiger partial charge in [0.1, 0.15) is 19.9 Å². The van der Waals surface area contributed by atoms with E-state index >= 15 is 0 Å². The third kappa shape index (κ3) is 20.6. The molecule has 4 aliphatic rings. The fraction of sp³-hybridized carbons (Fsp3) is 0.345. The number of Topliss-reactive ketones (excluding diaryl/α,β-unsaturated/α-hetero) is 1. The van der Waals surface area contributed by atoms with Gasteiger partial charge in [0, 0.05) is 112 Å². The average Bonchev–Trinajstić information content (AvgIpc) is 3.34. The minimum absolute atomic E-state index is 0. The number of nitrogens with zero attached hydrogens (tertiary/aromatic N) is 6. The van der Waals surface area contributed by atoms with Crippen LogP contribution in [0.2, 0.25) is 0 Å². The quantitative estimate of drug-likeness (QED) is 0.0912. The van der Waals surface area contributed by atoms with Crippen molar-refractivity contribution in [2.24, 2.45) is 0 Å². The highest BCUT2D eigenvalue weighted by Crippen LogP contribution is 2.50. The molecule has 0 radical (unpaired) electrons. The van der Waals surface area contributed by atoms with E-state index in [1.807, 2.05) is 52.1 Å². The fourth-order valence-electron chi connectivity index (χ4n) is 7.51. The zero-order valence-electron chi connectivity index (χ0n) is 48.3.